The number of carbonyl (C=O) groups is 2. The maximum Gasteiger partial charge on any atom is 0.327 e. The van der Waals surface area contributed by atoms with Crippen molar-refractivity contribution in [1.82, 2.24) is 9.80 Å². The second kappa shape index (κ2) is 3.24. The molecule has 2 fully saturated rings. The molecule has 0 aromatic carbocycles. The monoisotopic (exact) mass is 198 g/mol. The summed E-state index contributed by atoms with van der Waals surface area (Å²) in [5.41, 5.74) is 0. The van der Waals surface area contributed by atoms with Crippen LogP contribution in [0.2, 0.25) is 0 Å². The summed E-state index contributed by atoms with van der Waals surface area (Å²) in [6.07, 6.45) is 0.657. The molecule has 2 atom stereocenters. The lowest BCUT2D eigenvalue weighted by molar-refractivity contribution is -0.128. The Balaban J connectivity index is 2.16. The van der Waals surface area contributed by atoms with Crippen LogP contribution in [0, 0.1) is 0 Å². The largest absolute Gasteiger partial charge is 0.380 e. The number of ether oxygens (including phenoxy) is 1. The van der Waals surface area contributed by atoms with Gasteiger partial charge in [0.05, 0.1) is 6.10 Å². The lowest BCUT2D eigenvalue weighted by atomic mass is 10.2. The number of hydrogen-bond acceptors (Lipinski definition) is 3. The van der Waals surface area contributed by atoms with Gasteiger partial charge >= 0.3 is 6.03 Å². The Hall–Kier alpha value is -1.10. The molecule has 5 heteroatoms. The summed E-state index contributed by atoms with van der Waals surface area (Å²) in [6, 6.07) is -0.436. The Bertz CT molecular complexity index is 255. The van der Waals surface area contributed by atoms with Crippen molar-refractivity contribution in [3.8, 4) is 0 Å². The minimum absolute atomic E-state index is 0.0203. The van der Waals surface area contributed by atoms with Crippen molar-refractivity contribution in [3.05, 3.63) is 0 Å². The summed E-state index contributed by atoms with van der Waals surface area (Å²) in [5, 5.41) is 0. The number of nitrogens with zero attached hydrogens (tertiary/aromatic N) is 2. The number of amides is 3. The summed E-state index contributed by atoms with van der Waals surface area (Å²) >= 11 is 0. The zero-order valence-corrected chi connectivity index (χ0v) is 8.40. The number of fused-ring (bicyclic) bond motifs is 1. The second-order valence-corrected chi connectivity index (χ2v) is 3.63. The fourth-order valence-corrected chi connectivity index (χ4v) is 2.13. The number of urea groups is 1. The van der Waals surface area contributed by atoms with Crippen LogP contribution in [-0.4, -0.2) is 54.1 Å². The molecule has 2 heterocycles. The molecule has 2 unspecified atom stereocenters. The zero-order chi connectivity index (χ0) is 10.3. The highest BCUT2D eigenvalue weighted by molar-refractivity contribution is 6.04. The van der Waals surface area contributed by atoms with Crippen molar-refractivity contribution >= 4 is 11.9 Å². The van der Waals surface area contributed by atoms with Crippen molar-refractivity contribution in [1.29, 1.82) is 0 Å². The van der Waals surface area contributed by atoms with E-state index >= 15 is 0 Å². The lowest BCUT2D eigenvalue weighted by Gasteiger charge is -2.15. The molecule has 0 radical (unpaired) electrons. The van der Waals surface area contributed by atoms with E-state index in [1.54, 1.807) is 12.0 Å². The first-order valence-electron chi connectivity index (χ1n) is 4.83. The van der Waals surface area contributed by atoms with Crippen molar-refractivity contribution in [2.24, 2.45) is 0 Å². The van der Waals surface area contributed by atoms with Crippen molar-refractivity contribution in [2.75, 3.05) is 20.2 Å². The molecule has 2 aliphatic rings. The average Bonchev–Trinajstić information content (AvgIpc) is 2.69. The van der Waals surface area contributed by atoms with Crippen LogP contribution in [-0.2, 0) is 9.53 Å². The molecule has 0 saturated carbocycles. The van der Waals surface area contributed by atoms with Gasteiger partial charge in [-0.2, -0.15) is 0 Å². The van der Waals surface area contributed by atoms with Crippen LogP contribution >= 0.6 is 0 Å². The quantitative estimate of drug-likeness (QED) is 0.589. The molecule has 2 saturated heterocycles. The molecule has 5 nitrogen and oxygen atoms in total. The highest BCUT2D eigenvalue weighted by Gasteiger charge is 2.49. The van der Waals surface area contributed by atoms with Gasteiger partial charge in [-0.15, -0.1) is 0 Å². The van der Waals surface area contributed by atoms with Crippen molar-refractivity contribution < 1.29 is 14.3 Å². The molecule has 0 aromatic rings. The summed E-state index contributed by atoms with van der Waals surface area (Å²) in [7, 11) is 1.61. The topological polar surface area (TPSA) is 49.9 Å². The van der Waals surface area contributed by atoms with Crippen LogP contribution in [0.5, 0.6) is 0 Å². The first-order valence-corrected chi connectivity index (χ1v) is 4.83. The first kappa shape index (κ1) is 9.45. The predicted molar refractivity (Wildman–Crippen MR) is 48.7 cm³/mol. The number of methoxy groups -OCH3 is 1. The van der Waals surface area contributed by atoms with E-state index in [-0.39, 0.29) is 24.1 Å². The van der Waals surface area contributed by atoms with Gasteiger partial charge in [0.1, 0.15) is 6.04 Å². The fourth-order valence-electron chi connectivity index (χ4n) is 2.13. The lowest BCUT2D eigenvalue weighted by Crippen LogP contribution is -2.35. The smallest absolute Gasteiger partial charge is 0.327 e. The standard InChI is InChI=1S/C9H14N2O3/c1-3-10-8(12)7-4-6(14-2)5-11(7)9(10)13/h6-7H,3-5H2,1-2H3. The predicted octanol–water partition coefficient (Wildman–Crippen LogP) is 0.0578. The van der Waals surface area contributed by atoms with Gasteiger partial charge in [0.2, 0.25) is 0 Å². The highest BCUT2D eigenvalue weighted by Crippen LogP contribution is 2.28. The van der Waals surface area contributed by atoms with Gasteiger partial charge in [-0.3, -0.25) is 9.69 Å². The number of hydrogen-bond donors (Lipinski definition) is 0. The minimum Gasteiger partial charge on any atom is -0.380 e. The molecule has 14 heavy (non-hydrogen) atoms. The van der Waals surface area contributed by atoms with Gasteiger partial charge in [0.15, 0.2) is 0 Å². The highest BCUT2D eigenvalue weighted by atomic mass is 16.5. The van der Waals surface area contributed by atoms with Crippen molar-refractivity contribution in [3.63, 3.8) is 0 Å². The van der Waals surface area contributed by atoms with Gasteiger partial charge in [-0.1, -0.05) is 0 Å². The van der Waals surface area contributed by atoms with Crippen LogP contribution < -0.4 is 0 Å². The Morgan fingerprint density at radius 1 is 1.50 bits per heavy atom. The van der Waals surface area contributed by atoms with E-state index in [9.17, 15) is 9.59 Å². The van der Waals surface area contributed by atoms with Gasteiger partial charge in [-0.05, 0) is 6.92 Å². The molecule has 0 N–H and O–H groups in total. The van der Waals surface area contributed by atoms with E-state index in [2.05, 4.69) is 0 Å². The van der Waals surface area contributed by atoms with Gasteiger partial charge < -0.3 is 9.64 Å². The Morgan fingerprint density at radius 2 is 2.21 bits per heavy atom. The number of imide groups is 1. The molecule has 0 aliphatic carbocycles. The third-order valence-corrected chi connectivity index (χ3v) is 2.94. The van der Waals surface area contributed by atoms with E-state index in [0.29, 0.717) is 19.5 Å². The van der Waals surface area contributed by atoms with E-state index in [0.717, 1.165) is 0 Å². The number of carbonyl (C=O) groups excluding carboxylic acids is 2. The third kappa shape index (κ3) is 1.12. The van der Waals surface area contributed by atoms with Crippen LogP contribution in [0.1, 0.15) is 13.3 Å². The maximum atomic E-state index is 11.7. The van der Waals surface area contributed by atoms with Gasteiger partial charge in [0, 0.05) is 26.6 Å². The van der Waals surface area contributed by atoms with E-state index in [4.69, 9.17) is 4.74 Å². The van der Waals surface area contributed by atoms with E-state index in [1.165, 1.54) is 4.90 Å². The molecule has 3 amide bonds. The zero-order valence-electron chi connectivity index (χ0n) is 8.40. The molecule has 0 bridgehead atoms. The third-order valence-electron chi connectivity index (χ3n) is 2.94. The average molecular weight is 198 g/mol. The SMILES string of the molecule is CCN1C(=O)C2CC(OC)CN2C1=O. The van der Waals surface area contributed by atoms with Crippen LogP contribution in [0.15, 0.2) is 0 Å². The summed E-state index contributed by atoms with van der Waals surface area (Å²) < 4.78 is 5.15. The summed E-state index contributed by atoms with van der Waals surface area (Å²) in [5.74, 6) is -0.0722. The molecule has 2 rings (SSSR count). The Morgan fingerprint density at radius 3 is 2.71 bits per heavy atom. The van der Waals surface area contributed by atoms with Crippen molar-refractivity contribution in [2.45, 2.75) is 25.5 Å². The first-order chi connectivity index (χ1) is 6.69. The van der Waals surface area contributed by atoms with E-state index < -0.39 is 0 Å². The summed E-state index contributed by atoms with van der Waals surface area (Å²) in [6.45, 7) is 2.82. The summed E-state index contributed by atoms with van der Waals surface area (Å²) in [4.78, 5) is 26.3. The molecular formula is C9H14N2O3. The van der Waals surface area contributed by atoms with Gasteiger partial charge in [-0.25, -0.2) is 4.79 Å². The van der Waals surface area contributed by atoms with Crippen LogP contribution in [0.4, 0.5) is 4.79 Å². The molecule has 0 spiro atoms. The fraction of sp³-hybridized carbons (Fsp3) is 0.778. The Labute approximate surface area is 82.6 Å². The molecular weight excluding hydrogens is 184 g/mol. The normalized spacial score (nSPS) is 31.6. The Kier molecular flexibility index (Phi) is 2.19. The minimum atomic E-state index is -0.271. The molecule has 0 aromatic heterocycles. The van der Waals surface area contributed by atoms with Crippen LogP contribution in [0.25, 0.3) is 0 Å². The van der Waals surface area contributed by atoms with Gasteiger partial charge in [0.25, 0.3) is 5.91 Å². The second-order valence-electron chi connectivity index (χ2n) is 3.63. The number of rotatable bonds is 2. The van der Waals surface area contributed by atoms with Crippen LogP contribution in [0.3, 0.4) is 0 Å². The molecule has 2 aliphatic heterocycles. The molecule has 78 valence electrons. The van der Waals surface area contributed by atoms with E-state index in [1.807, 2.05) is 6.92 Å². The number of likely N-dealkylation sites (N-methyl/N-ethyl adjacent to an activating group) is 1. The maximum absolute atomic E-state index is 11.7.